The summed E-state index contributed by atoms with van der Waals surface area (Å²) >= 11 is 0. The van der Waals surface area contributed by atoms with E-state index >= 15 is 0 Å². The molecule has 2 N–H and O–H groups in total. The molecule has 0 saturated heterocycles. The molecule has 0 unspecified atom stereocenters. The molecule has 21 heavy (non-hydrogen) atoms. The second-order valence-corrected chi connectivity index (χ2v) is 6.37. The van der Waals surface area contributed by atoms with Crippen molar-refractivity contribution in [2.24, 2.45) is 0 Å². The van der Waals surface area contributed by atoms with Crippen molar-refractivity contribution in [3.8, 4) is 0 Å². The number of nitrogens with one attached hydrogen (secondary N) is 2. The van der Waals surface area contributed by atoms with Crippen molar-refractivity contribution < 1.29 is 0 Å². The van der Waals surface area contributed by atoms with Crippen LogP contribution in [-0.2, 0) is 0 Å². The van der Waals surface area contributed by atoms with E-state index in [-0.39, 0.29) is 0 Å². The molecule has 2 aromatic heterocycles. The van der Waals surface area contributed by atoms with Crippen molar-refractivity contribution in [2.75, 3.05) is 17.7 Å². The van der Waals surface area contributed by atoms with E-state index in [1.807, 2.05) is 17.8 Å². The lowest BCUT2D eigenvalue weighted by atomic mass is 9.95. The Morgan fingerprint density at radius 3 is 2.67 bits per heavy atom. The molecule has 4 rings (SSSR count). The summed E-state index contributed by atoms with van der Waals surface area (Å²) in [5, 5.41) is 11.4. The van der Waals surface area contributed by atoms with Crippen LogP contribution in [-0.4, -0.2) is 27.7 Å². The van der Waals surface area contributed by atoms with E-state index < -0.39 is 0 Å². The molecule has 2 aliphatic rings. The summed E-state index contributed by atoms with van der Waals surface area (Å²) in [6.07, 6.45) is 11.1. The lowest BCUT2D eigenvalue weighted by molar-refractivity contribution is 0.462. The summed E-state index contributed by atoms with van der Waals surface area (Å²) in [5.41, 5.74) is 2.32. The summed E-state index contributed by atoms with van der Waals surface area (Å²) in [7, 11) is 1.94. The van der Waals surface area contributed by atoms with Gasteiger partial charge in [0.1, 0.15) is 11.6 Å². The second-order valence-electron chi connectivity index (χ2n) is 6.37. The Hall–Kier alpha value is -1.78. The van der Waals surface area contributed by atoms with Gasteiger partial charge in [-0.1, -0.05) is 19.3 Å². The molecule has 0 radical (unpaired) electrons. The highest BCUT2D eigenvalue weighted by Gasteiger charge is 2.28. The normalized spacial score (nSPS) is 19.9. The highest BCUT2D eigenvalue weighted by atomic mass is 15.3. The van der Waals surface area contributed by atoms with Crippen LogP contribution in [0.4, 0.5) is 11.6 Å². The van der Waals surface area contributed by atoms with Gasteiger partial charge >= 0.3 is 0 Å². The third-order valence-electron chi connectivity index (χ3n) is 4.73. The standard InChI is InChI=1S/C16H23N5/c1-17-15-9-14(19-12-5-3-2-4-6-12)20-16-13(11-7-8-11)10-18-21(15)16/h9-12,17H,2-8H2,1H3,(H,19,20). The first-order valence-corrected chi connectivity index (χ1v) is 8.18. The summed E-state index contributed by atoms with van der Waals surface area (Å²) in [6, 6.07) is 2.65. The molecule has 5 heteroatoms. The molecule has 2 heterocycles. The number of rotatable bonds is 4. The third kappa shape index (κ3) is 2.45. The van der Waals surface area contributed by atoms with Gasteiger partial charge in [-0.05, 0) is 31.6 Å². The van der Waals surface area contributed by atoms with Gasteiger partial charge in [-0.3, -0.25) is 0 Å². The lowest BCUT2D eigenvalue weighted by Crippen LogP contribution is -2.23. The van der Waals surface area contributed by atoms with Crippen molar-refractivity contribution in [1.82, 2.24) is 14.6 Å². The maximum atomic E-state index is 4.85. The molecule has 0 spiro atoms. The molecule has 2 aromatic rings. The van der Waals surface area contributed by atoms with Crippen LogP contribution in [0.1, 0.15) is 56.4 Å². The Morgan fingerprint density at radius 1 is 1.14 bits per heavy atom. The molecule has 0 bridgehead atoms. The minimum Gasteiger partial charge on any atom is -0.373 e. The molecular formula is C16H23N5. The molecule has 0 amide bonds. The van der Waals surface area contributed by atoms with Crippen LogP contribution in [0.25, 0.3) is 5.65 Å². The number of hydrogen-bond donors (Lipinski definition) is 2. The molecular weight excluding hydrogens is 262 g/mol. The molecule has 5 nitrogen and oxygen atoms in total. The van der Waals surface area contributed by atoms with E-state index in [1.54, 1.807) is 0 Å². The molecule has 2 saturated carbocycles. The first kappa shape index (κ1) is 12.9. The van der Waals surface area contributed by atoms with E-state index in [4.69, 9.17) is 4.98 Å². The highest BCUT2D eigenvalue weighted by Crippen LogP contribution is 2.42. The Bertz CT molecular complexity index is 637. The molecule has 0 aliphatic heterocycles. The monoisotopic (exact) mass is 285 g/mol. The van der Waals surface area contributed by atoms with Gasteiger partial charge in [0.2, 0.25) is 0 Å². The minimum atomic E-state index is 0.575. The van der Waals surface area contributed by atoms with Crippen LogP contribution in [0.15, 0.2) is 12.3 Å². The average Bonchev–Trinajstić information content (AvgIpc) is 3.27. The quantitative estimate of drug-likeness (QED) is 0.904. The molecule has 112 valence electrons. The number of anilines is 2. The van der Waals surface area contributed by atoms with Gasteiger partial charge in [0.25, 0.3) is 0 Å². The van der Waals surface area contributed by atoms with Gasteiger partial charge in [-0.2, -0.15) is 9.61 Å². The fourth-order valence-corrected chi connectivity index (χ4v) is 3.37. The largest absolute Gasteiger partial charge is 0.373 e. The topological polar surface area (TPSA) is 54.2 Å². The van der Waals surface area contributed by atoms with Gasteiger partial charge in [0.15, 0.2) is 5.65 Å². The maximum absolute atomic E-state index is 4.85. The Morgan fingerprint density at radius 2 is 1.95 bits per heavy atom. The fourth-order valence-electron chi connectivity index (χ4n) is 3.37. The summed E-state index contributed by atoms with van der Waals surface area (Å²) in [5.74, 6) is 2.66. The van der Waals surface area contributed by atoms with Crippen LogP contribution in [0.2, 0.25) is 0 Å². The molecule has 2 aliphatic carbocycles. The zero-order valence-electron chi connectivity index (χ0n) is 12.6. The van der Waals surface area contributed by atoms with Gasteiger partial charge in [-0.15, -0.1) is 0 Å². The number of nitrogens with zero attached hydrogens (tertiary/aromatic N) is 3. The Balaban J connectivity index is 1.69. The number of aromatic nitrogens is 3. The predicted octanol–water partition coefficient (Wildman–Crippen LogP) is 3.39. The van der Waals surface area contributed by atoms with Crippen LogP contribution in [0.3, 0.4) is 0 Å². The van der Waals surface area contributed by atoms with Crippen molar-refractivity contribution in [1.29, 1.82) is 0 Å². The maximum Gasteiger partial charge on any atom is 0.163 e. The zero-order chi connectivity index (χ0) is 14.2. The lowest BCUT2D eigenvalue weighted by Gasteiger charge is -2.23. The van der Waals surface area contributed by atoms with Crippen LogP contribution >= 0.6 is 0 Å². The highest BCUT2D eigenvalue weighted by molar-refractivity contribution is 5.61. The van der Waals surface area contributed by atoms with E-state index in [2.05, 4.69) is 21.8 Å². The van der Waals surface area contributed by atoms with Crippen LogP contribution < -0.4 is 10.6 Å². The van der Waals surface area contributed by atoms with Crippen LogP contribution in [0.5, 0.6) is 0 Å². The smallest absolute Gasteiger partial charge is 0.163 e. The third-order valence-corrected chi connectivity index (χ3v) is 4.73. The molecule has 0 aromatic carbocycles. The number of hydrogen-bond acceptors (Lipinski definition) is 4. The van der Waals surface area contributed by atoms with Crippen molar-refractivity contribution in [3.05, 3.63) is 17.8 Å². The van der Waals surface area contributed by atoms with E-state index in [9.17, 15) is 0 Å². The zero-order valence-corrected chi connectivity index (χ0v) is 12.6. The summed E-state index contributed by atoms with van der Waals surface area (Å²) in [4.78, 5) is 4.85. The number of fused-ring (bicyclic) bond motifs is 1. The summed E-state index contributed by atoms with van der Waals surface area (Å²) < 4.78 is 1.93. The SMILES string of the molecule is CNc1cc(NC2CCCCC2)nc2c(C3CC3)cnn12. The van der Waals surface area contributed by atoms with E-state index in [0.717, 1.165) is 17.3 Å². The Kier molecular flexibility index (Phi) is 3.20. The van der Waals surface area contributed by atoms with Gasteiger partial charge in [0.05, 0.1) is 6.20 Å². The molecule has 2 fully saturated rings. The second kappa shape index (κ2) is 5.20. The minimum absolute atomic E-state index is 0.575. The van der Waals surface area contributed by atoms with E-state index in [1.165, 1.54) is 50.5 Å². The predicted molar refractivity (Wildman–Crippen MR) is 85.0 cm³/mol. The van der Waals surface area contributed by atoms with Gasteiger partial charge in [-0.25, -0.2) is 4.98 Å². The summed E-state index contributed by atoms with van der Waals surface area (Å²) in [6.45, 7) is 0. The van der Waals surface area contributed by atoms with Gasteiger partial charge < -0.3 is 10.6 Å². The first-order chi connectivity index (χ1) is 10.3. The molecule has 0 atom stereocenters. The van der Waals surface area contributed by atoms with Crippen molar-refractivity contribution >= 4 is 17.3 Å². The van der Waals surface area contributed by atoms with Gasteiger partial charge in [0, 0.05) is 24.7 Å². The van der Waals surface area contributed by atoms with Crippen molar-refractivity contribution in [3.63, 3.8) is 0 Å². The Labute approximate surface area is 125 Å². The van der Waals surface area contributed by atoms with E-state index in [0.29, 0.717) is 12.0 Å². The van der Waals surface area contributed by atoms with Crippen LogP contribution in [0, 0.1) is 0 Å². The van der Waals surface area contributed by atoms with Crippen molar-refractivity contribution in [2.45, 2.75) is 56.9 Å². The first-order valence-electron chi connectivity index (χ1n) is 8.18. The average molecular weight is 285 g/mol. The fraction of sp³-hybridized carbons (Fsp3) is 0.625.